The van der Waals surface area contributed by atoms with E-state index in [2.05, 4.69) is 37.3 Å². The average molecular weight is 185 g/mol. The van der Waals surface area contributed by atoms with Crippen molar-refractivity contribution in [2.24, 2.45) is 0 Å². The summed E-state index contributed by atoms with van der Waals surface area (Å²) in [4.78, 5) is 0. The van der Waals surface area contributed by atoms with Gasteiger partial charge in [0.05, 0.1) is 0 Å². The van der Waals surface area contributed by atoms with Crippen LogP contribution in [-0.2, 0) is 0 Å². The Hall–Kier alpha value is -1.50. The minimum atomic E-state index is 0.542. The van der Waals surface area contributed by atoms with E-state index in [1.165, 1.54) is 11.1 Å². The molecule has 0 aromatic heterocycles. The first-order chi connectivity index (χ1) is 6.77. The molecule has 0 amide bonds. The smallest absolute Gasteiger partial charge is 0.0314 e. The summed E-state index contributed by atoms with van der Waals surface area (Å²) in [6.07, 6.45) is 7.63. The number of benzene rings is 1. The summed E-state index contributed by atoms with van der Waals surface area (Å²) in [5.41, 5.74) is 9.28. The first-order valence-corrected chi connectivity index (χ1v) is 4.96. The van der Waals surface area contributed by atoms with Crippen molar-refractivity contribution in [3.63, 3.8) is 0 Å². The zero-order valence-corrected chi connectivity index (χ0v) is 8.40. The van der Waals surface area contributed by atoms with Crippen molar-refractivity contribution >= 4 is 5.69 Å². The standard InChI is InChI=1S/C13H15N/c1-10-4-2-3-5-13(10)11-6-8-12(14)9-7-11/h2-4,6-9,13H,5,14H2,1H3. The minimum absolute atomic E-state index is 0.542. The molecule has 72 valence electrons. The molecular weight excluding hydrogens is 170 g/mol. The third-order valence-corrected chi connectivity index (χ3v) is 2.76. The quantitative estimate of drug-likeness (QED) is 0.668. The predicted molar refractivity (Wildman–Crippen MR) is 61.1 cm³/mol. The lowest BCUT2D eigenvalue weighted by molar-refractivity contribution is 0.798. The SMILES string of the molecule is CC1=CC=CCC1c1ccc(N)cc1. The summed E-state index contributed by atoms with van der Waals surface area (Å²) >= 11 is 0. The van der Waals surface area contributed by atoms with Crippen LogP contribution in [0.25, 0.3) is 0 Å². The topological polar surface area (TPSA) is 26.0 Å². The van der Waals surface area contributed by atoms with Crippen LogP contribution >= 0.6 is 0 Å². The van der Waals surface area contributed by atoms with Gasteiger partial charge in [-0.3, -0.25) is 0 Å². The van der Waals surface area contributed by atoms with Gasteiger partial charge in [0.1, 0.15) is 0 Å². The zero-order chi connectivity index (χ0) is 9.97. The number of hydrogen-bond donors (Lipinski definition) is 1. The van der Waals surface area contributed by atoms with Crippen LogP contribution in [0.15, 0.2) is 48.1 Å². The molecule has 1 aromatic rings. The third kappa shape index (κ3) is 1.72. The summed E-state index contributed by atoms with van der Waals surface area (Å²) in [6, 6.07) is 8.19. The normalized spacial score (nSPS) is 20.6. The van der Waals surface area contributed by atoms with Crippen molar-refractivity contribution in [1.82, 2.24) is 0 Å². The number of allylic oxidation sites excluding steroid dienone is 4. The summed E-state index contributed by atoms with van der Waals surface area (Å²) in [6.45, 7) is 2.19. The van der Waals surface area contributed by atoms with E-state index in [1.807, 2.05) is 12.1 Å². The second-order valence-corrected chi connectivity index (χ2v) is 3.79. The van der Waals surface area contributed by atoms with E-state index >= 15 is 0 Å². The van der Waals surface area contributed by atoms with Gasteiger partial charge in [-0.15, -0.1) is 0 Å². The Morgan fingerprint density at radius 1 is 1.21 bits per heavy atom. The summed E-state index contributed by atoms with van der Waals surface area (Å²) in [5.74, 6) is 0.542. The van der Waals surface area contributed by atoms with Crippen molar-refractivity contribution in [2.45, 2.75) is 19.3 Å². The molecule has 2 rings (SSSR count). The van der Waals surface area contributed by atoms with Crippen molar-refractivity contribution in [3.05, 3.63) is 53.6 Å². The van der Waals surface area contributed by atoms with Crippen molar-refractivity contribution < 1.29 is 0 Å². The second-order valence-electron chi connectivity index (χ2n) is 3.79. The Balaban J connectivity index is 2.27. The molecule has 1 unspecified atom stereocenters. The first kappa shape index (κ1) is 9.07. The molecule has 0 fully saturated rings. The molecule has 1 nitrogen and oxygen atoms in total. The number of hydrogen-bond acceptors (Lipinski definition) is 1. The maximum Gasteiger partial charge on any atom is 0.0314 e. The molecule has 1 aliphatic rings. The zero-order valence-electron chi connectivity index (χ0n) is 8.40. The van der Waals surface area contributed by atoms with Gasteiger partial charge in [-0.05, 0) is 31.0 Å². The number of rotatable bonds is 1. The van der Waals surface area contributed by atoms with E-state index < -0.39 is 0 Å². The third-order valence-electron chi connectivity index (χ3n) is 2.76. The molecule has 0 heterocycles. The van der Waals surface area contributed by atoms with Crippen LogP contribution in [0.4, 0.5) is 5.69 Å². The van der Waals surface area contributed by atoms with Crippen molar-refractivity contribution in [3.8, 4) is 0 Å². The van der Waals surface area contributed by atoms with Gasteiger partial charge in [-0.2, -0.15) is 0 Å². The van der Waals surface area contributed by atoms with Crippen LogP contribution < -0.4 is 5.73 Å². The molecule has 0 aliphatic heterocycles. The van der Waals surface area contributed by atoms with Gasteiger partial charge in [-0.1, -0.05) is 35.9 Å². The van der Waals surface area contributed by atoms with Crippen LogP contribution in [0, 0.1) is 0 Å². The van der Waals surface area contributed by atoms with E-state index in [-0.39, 0.29) is 0 Å². The van der Waals surface area contributed by atoms with E-state index in [0.29, 0.717) is 5.92 Å². The van der Waals surface area contributed by atoms with Gasteiger partial charge >= 0.3 is 0 Å². The molecule has 1 aliphatic carbocycles. The fraction of sp³-hybridized carbons (Fsp3) is 0.231. The van der Waals surface area contributed by atoms with Crippen molar-refractivity contribution in [1.29, 1.82) is 0 Å². The molecule has 14 heavy (non-hydrogen) atoms. The van der Waals surface area contributed by atoms with Gasteiger partial charge in [-0.25, -0.2) is 0 Å². The van der Waals surface area contributed by atoms with Crippen LogP contribution in [0.5, 0.6) is 0 Å². The highest BCUT2D eigenvalue weighted by atomic mass is 14.5. The molecule has 0 saturated heterocycles. The number of nitrogens with two attached hydrogens (primary N) is 1. The first-order valence-electron chi connectivity index (χ1n) is 4.96. The Labute approximate surface area is 84.9 Å². The Kier molecular flexibility index (Phi) is 2.40. The molecule has 1 aromatic carbocycles. The molecule has 1 atom stereocenters. The number of nitrogen functional groups attached to an aromatic ring is 1. The summed E-state index contributed by atoms with van der Waals surface area (Å²) in [7, 11) is 0. The lowest BCUT2D eigenvalue weighted by Crippen LogP contribution is -2.01. The van der Waals surface area contributed by atoms with Crippen molar-refractivity contribution in [2.75, 3.05) is 5.73 Å². The van der Waals surface area contributed by atoms with E-state index in [0.717, 1.165) is 12.1 Å². The largest absolute Gasteiger partial charge is 0.399 e. The Morgan fingerprint density at radius 2 is 1.93 bits per heavy atom. The Morgan fingerprint density at radius 3 is 2.57 bits per heavy atom. The van der Waals surface area contributed by atoms with Gasteiger partial charge in [0.2, 0.25) is 0 Å². The van der Waals surface area contributed by atoms with Crippen LogP contribution in [0.2, 0.25) is 0 Å². The average Bonchev–Trinajstić information content (AvgIpc) is 2.20. The second kappa shape index (κ2) is 3.70. The summed E-state index contributed by atoms with van der Waals surface area (Å²) < 4.78 is 0. The monoisotopic (exact) mass is 185 g/mol. The lowest BCUT2D eigenvalue weighted by Gasteiger charge is -2.19. The van der Waals surface area contributed by atoms with Crippen LogP contribution in [0.1, 0.15) is 24.8 Å². The fourth-order valence-electron chi connectivity index (χ4n) is 1.86. The molecule has 2 N–H and O–H groups in total. The van der Waals surface area contributed by atoms with E-state index in [1.54, 1.807) is 0 Å². The predicted octanol–water partition coefficient (Wildman–Crippen LogP) is 3.26. The fourth-order valence-corrected chi connectivity index (χ4v) is 1.86. The van der Waals surface area contributed by atoms with Gasteiger partial charge in [0.25, 0.3) is 0 Å². The van der Waals surface area contributed by atoms with E-state index in [4.69, 9.17) is 5.73 Å². The Bertz CT molecular complexity index is 371. The molecule has 1 heteroatoms. The van der Waals surface area contributed by atoms with Gasteiger partial charge in [0.15, 0.2) is 0 Å². The van der Waals surface area contributed by atoms with Crippen LogP contribution in [-0.4, -0.2) is 0 Å². The highest BCUT2D eigenvalue weighted by Gasteiger charge is 2.13. The molecule has 0 spiro atoms. The van der Waals surface area contributed by atoms with Crippen LogP contribution in [0.3, 0.4) is 0 Å². The molecule has 0 saturated carbocycles. The maximum absolute atomic E-state index is 5.66. The molecule has 0 radical (unpaired) electrons. The van der Waals surface area contributed by atoms with Gasteiger partial charge in [0, 0.05) is 11.6 Å². The lowest BCUT2D eigenvalue weighted by atomic mass is 9.86. The maximum atomic E-state index is 5.66. The van der Waals surface area contributed by atoms with Gasteiger partial charge < -0.3 is 5.73 Å². The minimum Gasteiger partial charge on any atom is -0.399 e. The summed E-state index contributed by atoms with van der Waals surface area (Å²) in [5, 5.41) is 0. The molecular formula is C13H15N. The highest BCUT2D eigenvalue weighted by Crippen LogP contribution is 2.30. The number of anilines is 1. The highest BCUT2D eigenvalue weighted by molar-refractivity contribution is 5.43. The van der Waals surface area contributed by atoms with E-state index in [9.17, 15) is 0 Å². The molecule has 0 bridgehead atoms.